The summed E-state index contributed by atoms with van der Waals surface area (Å²) < 4.78 is 6.39. The molecule has 1 aromatic heterocycles. The van der Waals surface area contributed by atoms with Crippen LogP contribution in [-0.4, -0.2) is 39.6 Å². The summed E-state index contributed by atoms with van der Waals surface area (Å²) in [5.41, 5.74) is 1.22. The first-order valence-corrected chi connectivity index (χ1v) is 11.3. The van der Waals surface area contributed by atoms with Crippen LogP contribution in [0.25, 0.3) is 0 Å². The van der Waals surface area contributed by atoms with Crippen molar-refractivity contribution >= 4 is 67.4 Å². The van der Waals surface area contributed by atoms with Crippen molar-refractivity contribution in [3.63, 3.8) is 0 Å². The molecule has 2 heterocycles. The third-order valence-corrected chi connectivity index (χ3v) is 6.72. The van der Waals surface area contributed by atoms with Crippen LogP contribution in [0.5, 0.6) is 5.75 Å². The number of ether oxygens (including phenoxy) is 1. The fourth-order valence-corrected chi connectivity index (χ4v) is 4.82. The largest absolute Gasteiger partial charge is 0.494 e. The first-order chi connectivity index (χ1) is 13.9. The Morgan fingerprint density at radius 3 is 2.86 bits per heavy atom. The molecule has 29 heavy (non-hydrogen) atoms. The molecule has 0 radical (unpaired) electrons. The number of hydrogen-bond donors (Lipinski definition) is 2. The van der Waals surface area contributed by atoms with E-state index >= 15 is 0 Å². The van der Waals surface area contributed by atoms with Crippen molar-refractivity contribution in [2.24, 2.45) is 5.10 Å². The van der Waals surface area contributed by atoms with Gasteiger partial charge in [0, 0.05) is 11.8 Å². The molecule has 0 spiro atoms. The van der Waals surface area contributed by atoms with Crippen molar-refractivity contribution < 1.29 is 14.3 Å². The Morgan fingerprint density at radius 1 is 1.41 bits per heavy atom. The molecule has 2 aromatic rings. The summed E-state index contributed by atoms with van der Waals surface area (Å²) in [6, 6.07) is 10.9. The summed E-state index contributed by atoms with van der Waals surface area (Å²) in [6.07, 6.45) is -0.0328. The maximum Gasteiger partial charge on any atom is 0.250 e. The van der Waals surface area contributed by atoms with Crippen LogP contribution in [0, 0.1) is 5.41 Å². The summed E-state index contributed by atoms with van der Waals surface area (Å²) in [7, 11) is 0. The fourth-order valence-electron chi connectivity index (χ4n) is 2.59. The lowest BCUT2D eigenvalue weighted by Gasteiger charge is -2.27. The Bertz CT molecular complexity index is 958. The van der Waals surface area contributed by atoms with Crippen LogP contribution in [-0.2, 0) is 9.59 Å². The van der Waals surface area contributed by atoms with E-state index in [4.69, 9.17) is 10.1 Å². The van der Waals surface area contributed by atoms with Gasteiger partial charge in [-0.15, -0.1) is 11.3 Å². The van der Waals surface area contributed by atoms with Gasteiger partial charge in [-0.3, -0.25) is 15.0 Å². The maximum atomic E-state index is 12.6. The van der Waals surface area contributed by atoms with Gasteiger partial charge in [0.1, 0.15) is 11.0 Å². The monoisotopic (exact) mass is 494 g/mol. The van der Waals surface area contributed by atoms with Crippen LogP contribution in [0.1, 0.15) is 25.1 Å². The van der Waals surface area contributed by atoms with Gasteiger partial charge < -0.3 is 10.1 Å². The Morgan fingerprint density at radius 2 is 2.21 bits per heavy atom. The van der Waals surface area contributed by atoms with E-state index in [1.165, 1.54) is 11.3 Å². The van der Waals surface area contributed by atoms with Crippen molar-refractivity contribution in [2.45, 2.75) is 25.5 Å². The van der Waals surface area contributed by atoms with Crippen molar-refractivity contribution in [2.75, 3.05) is 11.9 Å². The fraction of sp³-hybridized carbons (Fsp3) is 0.263. The number of hydrazone groups is 1. The normalized spacial score (nSPS) is 17.4. The third kappa shape index (κ3) is 5.46. The van der Waals surface area contributed by atoms with E-state index in [1.54, 1.807) is 31.2 Å². The highest BCUT2D eigenvalue weighted by Crippen LogP contribution is 2.29. The average molecular weight is 495 g/mol. The second-order valence-electron chi connectivity index (χ2n) is 6.06. The Hall–Kier alpha value is -2.17. The number of anilines is 1. The molecule has 0 unspecified atom stereocenters. The van der Waals surface area contributed by atoms with Gasteiger partial charge >= 0.3 is 0 Å². The lowest BCUT2D eigenvalue weighted by atomic mass is 10.2. The number of amides is 2. The number of hydrogen-bond acceptors (Lipinski definition) is 7. The zero-order valence-corrected chi connectivity index (χ0v) is 19.0. The number of rotatable bonds is 6. The first kappa shape index (κ1) is 21.5. The van der Waals surface area contributed by atoms with Gasteiger partial charge in [-0.05, 0) is 54.0 Å². The van der Waals surface area contributed by atoms with Gasteiger partial charge in [0.25, 0.3) is 5.91 Å². The zero-order valence-electron chi connectivity index (χ0n) is 15.8. The second kappa shape index (κ2) is 9.55. The quantitative estimate of drug-likeness (QED) is 0.576. The number of thiophene rings is 1. The predicted octanol–water partition coefficient (Wildman–Crippen LogP) is 4.54. The van der Waals surface area contributed by atoms with Crippen LogP contribution in [0.2, 0.25) is 0 Å². The first-order valence-electron chi connectivity index (χ1n) is 8.80. The third-order valence-electron chi connectivity index (χ3n) is 3.93. The molecule has 1 atom stereocenters. The van der Waals surface area contributed by atoms with Gasteiger partial charge in [0.05, 0.1) is 27.4 Å². The van der Waals surface area contributed by atoms with Crippen LogP contribution >= 0.6 is 39.0 Å². The Labute approximate surface area is 185 Å². The van der Waals surface area contributed by atoms with Gasteiger partial charge in [-0.25, -0.2) is 0 Å². The van der Waals surface area contributed by atoms with Gasteiger partial charge in [0.2, 0.25) is 5.91 Å². The summed E-state index contributed by atoms with van der Waals surface area (Å²) in [5.74, 6) is -0.0576. The highest BCUT2D eigenvalue weighted by atomic mass is 79.9. The molecule has 3 rings (SSSR count). The van der Waals surface area contributed by atoms with Crippen molar-refractivity contribution in [1.82, 2.24) is 5.01 Å². The Balaban J connectivity index is 1.66. The summed E-state index contributed by atoms with van der Waals surface area (Å²) in [4.78, 5) is 26.0. The van der Waals surface area contributed by atoms with Crippen molar-refractivity contribution in [1.29, 1.82) is 5.41 Å². The van der Waals surface area contributed by atoms with Crippen LogP contribution in [0.4, 0.5) is 5.69 Å². The van der Waals surface area contributed by atoms with E-state index in [2.05, 4.69) is 26.3 Å². The van der Waals surface area contributed by atoms with E-state index in [1.807, 2.05) is 19.1 Å². The van der Waals surface area contributed by atoms with E-state index in [9.17, 15) is 9.59 Å². The molecule has 0 aliphatic carbocycles. The Kier molecular flexibility index (Phi) is 7.09. The summed E-state index contributed by atoms with van der Waals surface area (Å²) >= 11 is 5.91. The molecular weight excluding hydrogens is 476 g/mol. The maximum absolute atomic E-state index is 12.6. The number of carbonyl (C=O) groups excluding carboxylic acids is 2. The molecule has 7 nitrogen and oxygen atoms in total. The van der Waals surface area contributed by atoms with E-state index in [0.29, 0.717) is 23.8 Å². The zero-order chi connectivity index (χ0) is 21.0. The molecule has 1 saturated heterocycles. The van der Waals surface area contributed by atoms with Crippen molar-refractivity contribution in [3.05, 3.63) is 45.1 Å². The lowest BCUT2D eigenvalue weighted by molar-refractivity contribution is -0.129. The van der Waals surface area contributed by atoms with Crippen LogP contribution < -0.4 is 10.1 Å². The SMILES string of the molecule is CCOc1cccc(NC(=O)[C@@H]2CC(=O)N(/N=C(/C)c3ccc(Br)s3)C(=N)S2)c1. The molecule has 0 bridgehead atoms. The van der Waals surface area contributed by atoms with Crippen LogP contribution in [0.15, 0.2) is 45.3 Å². The molecule has 0 saturated carbocycles. The number of carbonyl (C=O) groups is 2. The summed E-state index contributed by atoms with van der Waals surface area (Å²) in [6.45, 7) is 4.20. The molecule has 10 heteroatoms. The summed E-state index contributed by atoms with van der Waals surface area (Å²) in [5, 5.41) is 15.6. The number of amidine groups is 1. The minimum atomic E-state index is -0.687. The molecule has 1 aliphatic rings. The molecule has 2 amide bonds. The number of thioether (sulfide) groups is 1. The lowest BCUT2D eigenvalue weighted by Crippen LogP contribution is -2.42. The minimum Gasteiger partial charge on any atom is -0.494 e. The van der Waals surface area contributed by atoms with Crippen LogP contribution in [0.3, 0.4) is 0 Å². The number of nitrogens with one attached hydrogen (secondary N) is 2. The number of benzene rings is 1. The van der Waals surface area contributed by atoms with E-state index in [-0.39, 0.29) is 23.4 Å². The number of halogens is 1. The second-order valence-corrected chi connectivity index (χ2v) is 9.72. The average Bonchev–Trinajstić information content (AvgIpc) is 3.11. The molecule has 1 fully saturated rings. The molecule has 1 aromatic carbocycles. The minimum absolute atomic E-state index is 0.0328. The van der Waals surface area contributed by atoms with Gasteiger partial charge in [-0.1, -0.05) is 17.8 Å². The smallest absolute Gasteiger partial charge is 0.250 e. The highest BCUT2D eigenvalue weighted by Gasteiger charge is 2.35. The molecule has 152 valence electrons. The highest BCUT2D eigenvalue weighted by molar-refractivity contribution is 9.11. The molecular formula is C19H19BrN4O3S2. The van der Waals surface area contributed by atoms with E-state index < -0.39 is 5.25 Å². The standard InChI is InChI=1S/C19H19BrN4O3S2/c1-3-27-13-6-4-5-12(9-13)22-18(26)15-10-17(25)24(19(21)29-15)23-11(2)14-7-8-16(20)28-14/h4-9,15,21H,3,10H2,1-2H3,(H,22,26)/b21-19?,23-11-/t15-/m0/s1. The van der Waals surface area contributed by atoms with E-state index in [0.717, 1.165) is 25.4 Å². The predicted molar refractivity (Wildman–Crippen MR) is 121 cm³/mol. The van der Waals surface area contributed by atoms with Gasteiger partial charge in [-0.2, -0.15) is 10.1 Å². The number of nitrogens with zero attached hydrogens (tertiary/aromatic N) is 2. The molecule has 1 aliphatic heterocycles. The van der Waals surface area contributed by atoms with Gasteiger partial charge in [0.15, 0.2) is 5.17 Å². The topological polar surface area (TPSA) is 94.8 Å². The molecule has 2 N–H and O–H groups in total. The van der Waals surface area contributed by atoms with Crippen molar-refractivity contribution in [3.8, 4) is 5.75 Å².